The van der Waals surface area contributed by atoms with Crippen molar-refractivity contribution in [2.75, 3.05) is 6.61 Å². The van der Waals surface area contributed by atoms with E-state index in [1.54, 1.807) is 6.92 Å². The average molecular weight is 513 g/mol. The molecule has 5 nitrogen and oxygen atoms in total. The molecule has 198 valence electrons. The van der Waals surface area contributed by atoms with Gasteiger partial charge in [0.1, 0.15) is 11.5 Å². The molecule has 0 bridgehead atoms. The summed E-state index contributed by atoms with van der Waals surface area (Å²) in [5.41, 5.74) is 4.79. The van der Waals surface area contributed by atoms with E-state index in [0.717, 1.165) is 22.3 Å². The van der Waals surface area contributed by atoms with E-state index in [1.165, 1.54) is 0 Å². The van der Waals surface area contributed by atoms with Gasteiger partial charge in [-0.1, -0.05) is 106 Å². The van der Waals surface area contributed by atoms with Gasteiger partial charge in [0.25, 0.3) is 0 Å². The lowest BCUT2D eigenvalue weighted by molar-refractivity contribution is -0.143. The molecule has 0 unspecified atom stereocenters. The highest BCUT2D eigenvalue weighted by Crippen LogP contribution is 2.45. The molecular formula is C33H36O5. The van der Waals surface area contributed by atoms with E-state index in [1.807, 2.05) is 79.7 Å². The van der Waals surface area contributed by atoms with Crippen molar-refractivity contribution < 1.29 is 23.8 Å². The molecule has 3 aromatic carbocycles. The molecule has 1 aliphatic heterocycles. The number of aryl methyl sites for hydroxylation is 1. The van der Waals surface area contributed by atoms with Crippen molar-refractivity contribution in [2.24, 2.45) is 0 Å². The molecule has 3 aromatic rings. The Bertz CT molecular complexity index is 1290. The maximum absolute atomic E-state index is 14.0. The van der Waals surface area contributed by atoms with Gasteiger partial charge in [-0.05, 0) is 42.4 Å². The van der Waals surface area contributed by atoms with Crippen molar-refractivity contribution in [1.29, 1.82) is 0 Å². The fraction of sp³-hybridized carbons (Fsp3) is 0.333. The van der Waals surface area contributed by atoms with Gasteiger partial charge in [-0.25, -0.2) is 9.59 Å². The number of benzene rings is 3. The van der Waals surface area contributed by atoms with Crippen LogP contribution in [0.4, 0.5) is 0 Å². The first-order chi connectivity index (χ1) is 18.2. The van der Waals surface area contributed by atoms with Crippen LogP contribution in [0.3, 0.4) is 0 Å². The molecule has 0 fully saturated rings. The van der Waals surface area contributed by atoms with E-state index < -0.39 is 24.0 Å². The lowest BCUT2D eigenvalue weighted by atomic mass is 9.86. The van der Waals surface area contributed by atoms with Gasteiger partial charge in [0, 0.05) is 5.56 Å². The van der Waals surface area contributed by atoms with Crippen LogP contribution in [-0.2, 0) is 19.1 Å². The highest BCUT2D eigenvalue weighted by Gasteiger charge is 2.47. The summed E-state index contributed by atoms with van der Waals surface area (Å²) in [6.45, 7) is 12.3. The van der Waals surface area contributed by atoms with Gasteiger partial charge in [-0.3, -0.25) is 0 Å². The molecule has 0 aliphatic carbocycles. The molecule has 0 N–H and O–H groups in total. The lowest BCUT2D eigenvalue weighted by Crippen LogP contribution is -2.33. The van der Waals surface area contributed by atoms with Gasteiger partial charge >= 0.3 is 11.9 Å². The van der Waals surface area contributed by atoms with E-state index in [0.29, 0.717) is 22.6 Å². The maximum atomic E-state index is 14.0. The third kappa shape index (κ3) is 5.52. The summed E-state index contributed by atoms with van der Waals surface area (Å²) >= 11 is 0. The van der Waals surface area contributed by atoms with Gasteiger partial charge in [0.15, 0.2) is 0 Å². The zero-order valence-electron chi connectivity index (χ0n) is 23.0. The SMILES string of the molecule is CCOC(=O)C1=C(c2ccccc2)O[C@@H](C(=O)Oc2c(C(C)C)cccc2C(C)C)[C@@H]1c1ccc(C)cc1. The van der Waals surface area contributed by atoms with Crippen LogP contribution in [0.1, 0.15) is 80.2 Å². The molecule has 0 aromatic heterocycles. The van der Waals surface area contributed by atoms with Gasteiger partial charge in [0.05, 0.1) is 18.1 Å². The molecule has 4 rings (SSSR count). The van der Waals surface area contributed by atoms with Crippen LogP contribution in [-0.4, -0.2) is 24.6 Å². The van der Waals surface area contributed by atoms with E-state index in [2.05, 4.69) is 27.7 Å². The molecule has 0 saturated heterocycles. The van der Waals surface area contributed by atoms with Crippen LogP contribution >= 0.6 is 0 Å². The Labute approximate surface area is 225 Å². The molecule has 5 heteroatoms. The Balaban J connectivity index is 1.84. The predicted molar refractivity (Wildman–Crippen MR) is 149 cm³/mol. The van der Waals surface area contributed by atoms with Crippen LogP contribution in [0.25, 0.3) is 5.76 Å². The summed E-state index contributed by atoms with van der Waals surface area (Å²) < 4.78 is 18.0. The first kappa shape index (κ1) is 27.2. The van der Waals surface area contributed by atoms with Gasteiger partial charge in [-0.15, -0.1) is 0 Å². The van der Waals surface area contributed by atoms with E-state index in [9.17, 15) is 9.59 Å². The second kappa shape index (κ2) is 11.7. The van der Waals surface area contributed by atoms with Crippen molar-refractivity contribution in [1.82, 2.24) is 0 Å². The predicted octanol–water partition coefficient (Wildman–Crippen LogP) is 7.30. The number of rotatable bonds is 8. The van der Waals surface area contributed by atoms with Gasteiger partial charge in [-0.2, -0.15) is 0 Å². The first-order valence-electron chi connectivity index (χ1n) is 13.3. The number of carbonyl (C=O) groups is 2. The summed E-state index contributed by atoms with van der Waals surface area (Å²) in [6, 6.07) is 23.1. The summed E-state index contributed by atoms with van der Waals surface area (Å²) in [5.74, 6) is -0.511. The Kier molecular flexibility index (Phi) is 8.35. The zero-order valence-corrected chi connectivity index (χ0v) is 23.0. The number of ether oxygens (including phenoxy) is 3. The van der Waals surface area contributed by atoms with E-state index in [-0.39, 0.29) is 18.4 Å². The molecule has 1 aliphatic rings. The van der Waals surface area contributed by atoms with Crippen LogP contribution in [0, 0.1) is 6.92 Å². The maximum Gasteiger partial charge on any atom is 0.353 e. The molecule has 2 atom stereocenters. The fourth-order valence-electron chi connectivity index (χ4n) is 4.85. The number of para-hydroxylation sites is 1. The summed E-state index contributed by atoms with van der Waals surface area (Å²) in [7, 11) is 0. The summed E-state index contributed by atoms with van der Waals surface area (Å²) in [5, 5.41) is 0. The van der Waals surface area contributed by atoms with Crippen molar-refractivity contribution in [3.8, 4) is 5.75 Å². The number of esters is 2. The molecule has 0 amide bonds. The minimum Gasteiger partial charge on any atom is -0.476 e. The first-order valence-corrected chi connectivity index (χ1v) is 13.3. The van der Waals surface area contributed by atoms with Crippen molar-refractivity contribution >= 4 is 17.7 Å². The molecule has 0 spiro atoms. The number of hydrogen-bond acceptors (Lipinski definition) is 5. The smallest absolute Gasteiger partial charge is 0.353 e. The number of carbonyl (C=O) groups excluding carboxylic acids is 2. The molecular weight excluding hydrogens is 476 g/mol. The van der Waals surface area contributed by atoms with Gasteiger partial charge in [0.2, 0.25) is 6.10 Å². The minimum absolute atomic E-state index is 0.155. The third-order valence-corrected chi connectivity index (χ3v) is 6.83. The fourth-order valence-corrected chi connectivity index (χ4v) is 4.85. The Morgan fingerprint density at radius 1 is 0.842 bits per heavy atom. The second-order valence-electron chi connectivity index (χ2n) is 10.3. The molecule has 0 radical (unpaired) electrons. The highest BCUT2D eigenvalue weighted by molar-refractivity contribution is 6.01. The normalized spacial score (nSPS) is 17.1. The van der Waals surface area contributed by atoms with Crippen LogP contribution in [0.5, 0.6) is 5.75 Å². The van der Waals surface area contributed by atoms with Crippen LogP contribution in [0.2, 0.25) is 0 Å². The van der Waals surface area contributed by atoms with Crippen molar-refractivity contribution in [2.45, 2.75) is 65.4 Å². The standard InChI is InChI=1S/C33H36O5/c1-7-36-32(34)28-27(23-18-16-22(6)17-19-23)31(37-29(28)24-12-9-8-10-13-24)33(35)38-30-25(20(2)3)14-11-15-26(30)21(4)5/h8-21,27,31H,7H2,1-6H3/t27-,31-/m1/s1. The van der Waals surface area contributed by atoms with Crippen molar-refractivity contribution in [3.63, 3.8) is 0 Å². The van der Waals surface area contributed by atoms with Crippen LogP contribution < -0.4 is 4.74 Å². The minimum atomic E-state index is -1.06. The zero-order chi connectivity index (χ0) is 27.4. The van der Waals surface area contributed by atoms with E-state index >= 15 is 0 Å². The quantitative estimate of drug-likeness (QED) is 0.234. The van der Waals surface area contributed by atoms with Crippen molar-refractivity contribution in [3.05, 3.63) is 106 Å². The highest BCUT2D eigenvalue weighted by atomic mass is 16.6. The largest absolute Gasteiger partial charge is 0.476 e. The topological polar surface area (TPSA) is 61.8 Å². The second-order valence-corrected chi connectivity index (χ2v) is 10.3. The van der Waals surface area contributed by atoms with Gasteiger partial charge < -0.3 is 14.2 Å². The molecule has 0 saturated carbocycles. The Morgan fingerprint density at radius 3 is 2.00 bits per heavy atom. The van der Waals surface area contributed by atoms with E-state index in [4.69, 9.17) is 14.2 Å². The average Bonchev–Trinajstić information content (AvgIpc) is 3.30. The third-order valence-electron chi connectivity index (χ3n) is 6.83. The monoisotopic (exact) mass is 512 g/mol. The Hall–Kier alpha value is -3.86. The lowest BCUT2D eigenvalue weighted by Gasteiger charge is -2.23. The number of hydrogen-bond donors (Lipinski definition) is 0. The van der Waals surface area contributed by atoms with Crippen LogP contribution in [0.15, 0.2) is 78.4 Å². The summed E-state index contributed by atoms with van der Waals surface area (Å²) in [4.78, 5) is 27.4. The molecule has 1 heterocycles. The summed E-state index contributed by atoms with van der Waals surface area (Å²) in [6.07, 6.45) is -1.06. The molecule has 38 heavy (non-hydrogen) atoms. The Morgan fingerprint density at radius 2 is 1.45 bits per heavy atom.